The van der Waals surface area contributed by atoms with Crippen molar-refractivity contribution in [2.45, 2.75) is 19.4 Å². The Labute approximate surface area is 141 Å². The number of methoxy groups -OCH3 is 1. The number of nitrogens with zero attached hydrogens (tertiary/aromatic N) is 2. The fourth-order valence-corrected chi connectivity index (χ4v) is 2.63. The summed E-state index contributed by atoms with van der Waals surface area (Å²) in [6, 6.07) is 11.5. The van der Waals surface area contributed by atoms with Crippen LogP contribution in [-0.4, -0.2) is 37.0 Å². The first-order chi connectivity index (χ1) is 11.6. The summed E-state index contributed by atoms with van der Waals surface area (Å²) < 4.78 is 4.75. The van der Waals surface area contributed by atoms with Crippen LogP contribution in [0.2, 0.25) is 0 Å². The number of rotatable bonds is 5. The maximum absolute atomic E-state index is 12.1. The summed E-state index contributed by atoms with van der Waals surface area (Å²) in [4.78, 5) is 25.5. The number of carbonyl (C=O) groups excluding carboxylic acids is 2. The molecule has 2 rings (SSSR count). The van der Waals surface area contributed by atoms with Crippen LogP contribution in [0.3, 0.4) is 0 Å². The number of nitrogens with one attached hydrogen (secondary N) is 1. The molecule has 24 heavy (non-hydrogen) atoms. The van der Waals surface area contributed by atoms with E-state index in [1.54, 1.807) is 6.20 Å². The van der Waals surface area contributed by atoms with Crippen molar-refractivity contribution in [3.8, 4) is 6.07 Å². The standard InChI is InChI=1S/C18H21N3O3/c1-24-18(23)15-7-9-21(10-8-15)13-16(11-19)17(22)20-12-14-5-3-2-4-6-14/h2-6,13,15H,7-10,12H2,1H3,(H,20,22). The van der Waals surface area contributed by atoms with Gasteiger partial charge in [-0.05, 0) is 18.4 Å². The summed E-state index contributed by atoms with van der Waals surface area (Å²) >= 11 is 0. The summed E-state index contributed by atoms with van der Waals surface area (Å²) in [7, 11) is 1.39. The average Bonchev–Trinajstić information content (AvgIpc) is 2.64. The van der Waals surface area contributed by atoms with E-state index in [-0.39, 0.29) is 17.5 Å². The van der Waals surface area contributed by atoms with Gasteiger partial charge in [0, 0.05) is 25.8 Å². The van der Waals surface area contributed by atoms with Crippen LogP contribution in [0, 0.1) is 17.2 Å². The number of benzene rings is 1. The second-order valence-electron chi connectivity index (χ2n) is 5.66. The number of nitriles is 1. The van der Waals surface area contributed by atoms with Gasteiger partial charge >= 0.3 is 5.97 Å². The number of amides is 1. The van der Waals surface area contributed by atoms with Crippen LogP contribution < -0.4 is 5.32 Å². The molecule has 0 aromatic heterocycles. The monoisotopic (exact) mass is 327 g/mol. The van der Waals surface area contributed by atoms with Crippen LogP contribution in [0.25, 0.3) is 0 Å². The van der Waals surface area contributed by atoms with Crippen molar-refractivity contribution in [2.75, 3.05) is 20.2 Å². The third-order valence-electron chi connectivity index (χ3n) is 4.04. The Balaban J connectivity index is 1.89. The molecular weight excluding hydrogens is 306 g/mol. The summed E-state index contributed by atoms with van der Waals surface area (Å²) in [6.45, 7) is 1.62. The Morgan fingerprint density at radius 2 is 2.00 bits per heavy atom. The Hall–Kier alpha value is -2.81. The molecule has 1 fully saturated rings. The van der Waals surface area contributed by atoms with Crippen molar-refractivity contribution >= 4 is 11.9 Å². The van der Waals surface area contributed by atoms with Gasteiger partial charge in [0.1, 0.15) is 11.6 Å². The highest BCUT2D eigenvalue weighted by molar-refractivity contribution is 5.97. The summed E-state index contributed by atoms with van der Waals surface area (Å²) in [5, 5.41) is 12.0. The first-order valence-corrected chi connectivity index (χ1v) is 7.90. The van der Waals surface area contributed by atoms with Crippen LogP contribution in [0.15, 0.2) is 42.1 Å². The zero-order valence-electron chi connectivity index (χ0n) is 13.7. The van der Waals surface area contributed by atoms with Crippen molar-refractivity contribution < 1.29 is 14.3 Å². The lowest BCUT2D eigenvalue weighted by molar-refractivity contribution is -0.146. The number of hydrogen-bond acceptors (Lipinski definition) is 5. The fourth-order valence-electron chi connectivity index (χ4n) is 2.63. The Bertz CT molecular complexity index is 641. The maximum atomic E-state index is 12.1. The van der Waals surface area contributed by atoms with Gasteiger partial charge in [-0.25, -0.2) is 0 Å². The average molecular weight is 327 g/mol. The van der Waals surface area contributed by atoms with E-state index in [1.807, 2.05) is 41.3 Å². The molecule has 6 heteroatoms. The minimum Gasteiger partial charge on any atom is -0.469 e. The predicted octanol–water partition coefficient (Wildman–Crippen LogP) is 1.60. The second-order valence-corrected chi connectivity index (χ2v) is 5.66. The lowest BCUT2D eigenvalue weighted by Gasteiger charge is -2.29. The van der Waals surface area contributed by atoms with Crippen molar-refractivity contribution in [2.24, 2.45) is 5.92 Å². The number of ether oxygens (including phenoxy) is 1. The van der Waals surface area contributed by atoms with E-state index in [0.717, 1.165) is 5.56 Å². The van der Waals surface area contributed by atoms with Crippen LogP contribution >= 0.6 is 0 Å². The molecule has 0 aliphatic carbocycles. The van der Waals surface area contributed by atoms with Crippen LogP contribution in [0.5, 0.6) is 0 Å². The van der Waals surface area contributed by atoms with Gasteiger partial charge < -0.3 is 15.0 Å². The molecule has 0 saturated carbocycles. The molecule has 1 amide bonds. The molecule has 1 N–H and O–H groups in total. The van der Waals surface area contributed by atoms with Gasteiger partial charge in [-0.15, -0.1) is 0 Å². The molecule has 0 radical (unpaired) electrons. The molecule has 6 nitrogen and oxygen atoms in total. The minimum atomic E-state index is -0.392. The van der Waals surface area contributed by atoms with Gasteiger partial charge in [0.05, 0.1) is 13.0 Å². The van der Waals surface area contributed by atoms with Crippen LogP contribution in [0.1, 0.15) is 18.4 Å². The highest BCUT2D eigenvalue weighted by Gasteiger charge is 2.25. The number of esters is 1. The molecule has 1 aromatic carbocycles. The second kappa shape index (κ2) is 8.73. The zero-order chi connectivity index (χ0) is 17.4. The SMILES string of the molecule is COC(=O)C1CCN(C=C(C#N)C(=O)NCc2ccccc2)CC1. The Morgan fingerprint density at radius 1 is 1.33 bits per heavy atom. The zero-order valence-corrected chi connectivity index (χ0v) is 13.7. The van der Waals surface area contributed by atoms with E-state index in [9.17, 15) is 14.9 Å². The van der Waals surface area contributed by atoms with E-state index >= 15 is 0 Å². The molecular formula is C18H21N3O3. The molecule has 1 heterocycles. The highest BCUT2D eigenvalue weighted by Crippen LogP contribution is 2.19. The topological polar surface area (TPSA) is 82.4 Å². The normalized spacial score (nSPS) is 15.5. The van der Waals surface area contributed by atoms with Gasteiger partial charge in [0.2, 0.25) is 0 Å². The Morgan fingerprint density at radius 3 is 2.58 bits per heavy atom. The molecule has 0 atom stereocenters. The predicted molar refractivity (Wildman–Crippen MR) is 88.3 cm³/mol. The third kappa shape index (κ3) is 4.85. The van der Waals surface area contributed by atoms with E-state index < -0.39 is 5.91 Å². The smallest absolute Gasteiger partial charge is 0.308 e. The molecule has 0 bridgehead atoms. The number of piperidine rings is 1. The van der Waals surface area contributed by atoms with Crippen molar-refractivity contribution in [1.29, 1.82) is 5.26 Å². The first-order valence-electron chi connectivity index (χ1n) is 7.90. The quantitative estimate of drug-likeness (QED) is 0.504. The molecule has 1 aliphatic rings. The maximum Gasteiger partial charge on any atom is 0.308 e. The molecule has 0 unspecified atom stereocenters. The summed E-state index contributed by atoms with van der Waals surface area (Å²) in [6.07, 6.45) is 2.90. The number of hydrogen-bond donors (Lipinski definition) is 1. The lowest BCUT2D eigenvalue weighted by atomic mass is 9.97. The van der Waals surface area contributed by atoms with Crippen LogP contribution in [-0.2, 0) is 20.9 Å². The van der Waals surface area contributed by atoms with Crippen molar-refractivity contribution in [1.82, 2.24) is 10.2 Å². The number of carbonyl (C=O) groups is 2. The summed E-state index contributed by atoms with van der Waals surface area (Å²) in [5.74, 6) is -0.687. The van der Waals surface area contributed by atoms with Crippen molar-refractivity contribution in [3.63, 3.8) is 0 Å². The van der Waals surface area contributed by atoms with Gasteiger partial charge in [-0.2, -0.15) is 5.26 Å². The van der Waals surface area contributed by atoms with E-state index in [4.69, 9.17) is 4.74 Å². The fraction of sp³-hybridized carbons (Fsp3) is 0.389. The lowest BCUT2D eigenvalue weighted by Crippen LogP contribution is -2.34. The van der Waals surface area contributed by atoms with E-state index in [2.05, 4.69) is 5.32 Å². The summed E-state index contributed by atoms with van der Waals surface area (Å²) in [5.41, 5.74) is 1.05. The molecule has 126 valence electrons. The Kier molecular flexibility index (Phi) is 6.38. The van der Waals surface area contributed by atoms with E-state index in [1.165, 1.54) is 7.11 Å². The minimum absolute atomic E-state index is 0.0717. The van der Waals surface area contributed by atoms with Gasteiger partial charge in [0.25, 0.3) is 5.91 Å². The third-order valence-corrected chi connectivity index (χ3v) is 4.04. The molecule has 1 saturated heterocycles. The van der Waals surface area contributed by atoms with Gasteiger partial charge in [0.15, 0.2) is 0 Å². The molecule has 0 spiro atoms. The highest BCUT2D eigenvalue weighted by atomic mass is 16.5. The largest absolute Gasteiger partial charge is 0.469 e. The van der Waals surface area contributed by atoms with Crippen LogP contribution in [0.4, 0.5) is 0 Å². The van der Waals surface area contributed by atoms with Gasteiger partial charge in [-0.1, -0.05) is 30.3 Å². The number of likely N-dealkylation sites (tertiary alicyclic amines) is 1. The van der Waals surface area contributed by atoms with Crippen molar-refractivity contribution in [3.05, 3.63) is 47.7 Å². The van der Waals surface area contributed by atoms with Gasteiger partial charge in [-0.3, -0.25) is 9.59 Å². The van der Waals surface area contributed by atoms with E-state index in [0.29, 0.717) is 32.5 Å². The molecule has 1 aromatic rings. The molecule has 1 aliphatic heterocycles. The first kappa shape index (κ1) is 17.5.